The average Bonchev–Trinajstić information content (AvgIpc) is 2.40. The molecule has 0 bridgehead atoms. The number of rotatable bonds is 8. The van der Waals surface area contributed by atoms with Crippen LogP contribution >= 0.6 is 0 Å². The molecule has 0 spiro atoms. The van der Waals surface area contributed by atoms with Crippen molar-refractivity contribution in [2.45, 2.75) is 26.8 Å². The van der Waals surface area contributed by atoms with Gasteiger partial charge in [0.1, 0.15) is 0 Å². The second kappa shape index (κ2) is 8.42. The van der Waals surface area contributed by atoms with Crippen molar-refractivity contribution < 1.29 is 4.79 Å². The number of nitrogens with one attached hydrogen (secondary N) is 2. The Morgan fingerprint density at radius 2 is 2.00 bits per heavy atom. The molecule has 0 aliphatic carbocycles. The highest BCUT2D eigenvalue weighted by molar-refractivity contribution is 5.80. The van der Waals surface area contributed by atoms with E-state index >= 15 is 0 Å². The summed E-state index contributed by atoms with van der Waals surface area (Å²) in [4.78, 5) is 21.7. The van der Waals surface area contributed by atoms with Crippen LogP contribution in [0.5, 0.6) is 0 Å². The number of carbonyl (C=O) groups excluding carboxylic acids is 1. The van der Waals surface area contributed by atoms with Crippen LogP contribution in [0, 0.1) is 0 Å². The van der Waals surface area contributed by atoms with Crippen LogP contribution < -0.4 is 15.5 Å². The SMILES string of the molecule is CCCNCc1cnc(N(C)CC(=O)NCC)nc1. The topological polar surface area (TPSA) is 70.2 Å². The first-order chi connectivity index (χ1) is 9.17. The van der Waals surface area contributed by atoms with Gasteiger partial charge in [-0.05, 0) is 19.9 Å². The lowest BCUT2D eigenvalue weighted by Gasteiger charge is -2.16. The fourth-order valence-electron chi connectivity index (χ4n) is 1.59. The molecule has 1 amide bonds. The van der Waals surface area contributed by atoms with Crippen LogP contribution in [0.3, 0.4) is 0 Å². The molecule has 0 fully saturated rings. The molecule has 0 radical (unpaired) electrons. The number of hydrogen-bond acceptors (Lipinski definition) is 5. The van der Waals surface area contributed by atoms with Gasteiger partial charge in [-0.15, -0.1) is 0 Å². The van der Waals surface area contributed by atoms with Crippen LogP contribution in [0.1, 0.15) is 25.8 Å². The minimum absolute atomic E-state index is 0.0257. The van der Waals surface area contributed by atoms with Crippen LogP contribution in [-0.4, -0.2) is 42.6 Å². The molecule has 6 nitrogen and oxygen atoms in total. The Hall–Kier alpha value is -1.69. The molecule has 2 N–H and O–H groups in total. The first-order valence-electron chi connectivity index (χ1n) is 6.66. The third kappa shape index (κ3) is 5.65. The zero-order valence-electron chi connectivity index (χ0n) is 11.9. The summed E-state index contributed by atoms with van der Waals surface area (Å²) in [7, 11) is 1.81. The zero-order valence-corrected chi connectivity index (χ0v) is 11.9. The lowest BCUT2D eigenvalue weighted by Crippen LogP contribution is -2.35. The lowest BCUT2D eigenvalue weighted by atomic mass is 10.3. The van der Waals surface area contributed by atoms with Gasteiger partial charge < -0.3 is 15.5 Å². The van der Waals surface area contributed by atoms with E-state index < -0.39 is 0 Å². The monoisotopic (exact) mass is 265 g/mol. The predicted octanol–water partition coefficient (Wildman–Crippen LogP) is 0.549. The fourth-order valence-corrected chi connectivity index (χ4v) is 1.59. The van der Waals surface area contributed by atoms with Crippen LogP contribution in [0.25, 0.3) is 0 Å². The average molecular weight is 265 g/mol. The Labute approximate surface area is 114 Å². The standard InChI is InChI=1S/C13H23N5O/c1-4-6-14-7-11-8-16-13(17-9-11)18(3)10-12(19)15-5-2/h8-9,14H,4-7,10H2,1-3H3,(H,15,19). The van der Waals surface area contributed by atoms with E-state index in [2.05, 4.69) is 27.5 Å². The van der Waals surface area contributed by atoms with Gasteiger partial charge in [-0.25, -0.2) is 9.97 Å². The first kappa shape index (κ1) is 15.4. The van der Waals surface area contributed by atoms with Crippen LogP contribution in [0.4, 0.5) is 5.95 Å². The molecule has 0 aliphatic rings. The minimum Gasteiger partial charge on any atom is -0.355 e. The number of amides is 1. The second-order valence-electron chi connectivity index (χ2n) is 4.38. The second-order valence-corrected chi connectivity index (χ2v) is 4.38. The van der Waals surface area contributed by atoms with E-state index in [1.54, 1.807) is 24.3 Å². The van der Waals surface area contributed by atoms with Crippen LogP contribution in [0.15, 0.2) is 12.4 Å². The van der Waals surface area contributed by atoms with Crippen molar-refractivity contribution in [2.24, 2.45) is 0 Å². The largest absolute Gasteiger partial charge is 0.355 e. The van der Waals surface area contributed by atoms with Gasteiger partial charge in [-0.1, -0.05) is 6.92 Å². The van der Waals surface area contributed by atoms with Crippen LogP contribution in [0.2, 0.25) is 0 Å². The normalized spacial score (nSPS) is 10.3. The quantitative estimate of drug-likeness (QED) is 0.672. The van der Waals surface area contributed by atoms with E-state index in [9.17, 15) is 4.79 Å². The Kier molecular flexibility index (Phi) is 6.81. The molecule has 1 heterocycles. The summed E-state index contributed by atoms with van der Waals surface area (Å²) < 4.78 is 0. The first-order valence-corrected chi connectivity index (χ1v) is 6.66. The van der Waals surface area contributed by atoms with E-state index in [0.717, 1.165) is 25.1 Å². The van der Waals surface area contributed by atoms with Gasteiger partial charge in [-0.2, -0.15) is 0 Å². The molecule has 0 saturated heterocycles. The van der Waals surface area contributed by atoms with Gasteiger partial charge in [-0.3, -0.25) is 4.79 Å². The molecule has 0 aromatic carbocycles. The van der Waals surface area contributed by atoms with Gasteiger partial charge in [0.05, 0.1) is 6.54 Å². The number of aromatic nitrogens is 2. The molecule has 106 valence electrons. The van der Waals surface area contributed by atoms with E-state index in [0.29, 0.717) is 12.5 Å². The Balaban J connectivity index is 2.48. The van der Waals surface area contributed by atoms with E-state index in [1.165, 1.54) is 0 Å². The van der Waals surface area contributed by atoms with E-state index in [4.69, 9.17) is 0 Å². The molecule has 0 saturated carbocycles. The van der Waals surface area contributed by atoms with Crippen molar-refractivity contribution in [1.29, 1.82) is 0 Å². The van der Waals surface area contributed by atoms with Crippen molar-refractivity contribution in [3.8, 4) is 0 Å². The van der Waals surface area contributed by atoms with Crippen molar-refractivity contribution >= 4 is 11.9 Å². The molecular weight excluding hydrogens is 242 g/mol. The Morgan fingerprint density at radius 3 is 2.58 bits per heavy atom. The lowest BCUT2D eigenvalue weighted by molar-refractivity contribution is -0.119. The summed E-state index contributed by atoms with van der Waals surface area (Å²) in [6.45, 7) is 6.68. The summed E-state index contributed by atoms with van der Waals surface area (Å²) in [6.07, 6.45) is 4.69. The maximum Gasteiger partial charge on any atom is 0.239 e. The minimum atomic E-state index is -0.0257. The van der Waals surface area contributed by atoms with Gasteiger partial charge in [0.25, 0.3) is 0 Å². The summed E-state index contributed by atoms with van der Waals surface area (Å²) in [5, 5.41) is 6.04. The predicted molar refractivity (Wildman–Crippen MR) is 76.0 cm³/mol. The number of carbonyl (C=O) groups is 1. The molecule has 0 atom stereocenters. The zero-order chi connectivity index (χ0) is 14.1. The number of nitrogens with zero attached hydrogens (tertiary/aromatic N) is 3. The molecule has 1 rings (SSSR count). The fraction of sp³-hybridized carbons (Fsp3) is 0.615. The number of hydrogen-bond donors (Lipinski definition) is 2. The van der Waals surface area contributed by atoms with E-state index in [1.807, 2.05) is 6.92 Å². The van der Waals surface area contributed by atoms with Gasteiger partial charge >= 0.3 is 0 Å². The Morgan fingerprint density at radius 1 is 1.32 bits per heavy atom. The highest BCUT2D eigenvalue weighted by atomic mass is 16.2. The third-order valence-corrected chi connectivity index (χ3v) is 2.54. The summed E-state index contributed by atoms with van der Waals surface area (Å²) >= 11 is 0. The maximum absolute atomic E-state index is 11.4. The molecule has 6 heteroatoms. The molecule has 19 heavy (non-hydrogen) atoms. The highest BCUT2D eigenvalue weighted by Gasteiger charge is 2.08. The van der Waals surface area contributed by atoms with Gasteiger partial charge in [0, 0.05) is 38.1 Å². The summed E-state index contributed by atoms with van der Waals surface area (Å²) in [5.74, 6) is 0.535. The Bertz CT molecular complexity index is 379. The highest BCUT2D eigenvalue weighted by Crippen LogP contribution is 2.04. The maximum atomic E-state index is 11.4. The molecular formula is C13H23N5O. The van der Waals surface area contributed by atoms with Crippen molar-refractivity contribution in [3.63, 3.8) is 0 Å². The van der Waals surface area contributed by atoms with Gasteiger partial charge in [0.15, 0.2) is 0 Å². The summed E-state index contributed by atoms with van der Waals surface area (Å²) in [5.41, 5.74) is 1.05. The third-order valence-electron chi connectivity index (χ3n) is 2.54. The van der Waals surface area contributed by atoms with Crippen molar-refractivity contribution in [3.05, 3.63) is 18.0 Å². The van der Waals surface area contributed by atoms with E-state index in [-0.39, 0.29) is 12.5 Å². The van der Waals surface area contributed by atoms with Crippen molar-refractivity contribution in [1.82, 2.24) is 20.6 Å². The van der Waals surface area contributed by atoms with Crippen LogP contribution in [-0.2, 0) is 11.3 Å². The number of anilines is 1. The molecule has 0 unspecified atom stereocenters. The smallest absolute Gasteiger partial charge is 0.239 e. The number of likely N-dealkylation sites (N-methyl/N-ethyl adjacent to an activating group) is 2. The molecule has 0 aliphatic heterocycles. The molecule has 1 aromatic rings. The summed E-state index contributed by atoms with van der Waals surface area (Å²) in [6, 6.07) is 0. The van der Waals surface area contributed by atoms with Crippen molar-refractivity contribution in [2.75, 3.05) is 31.6 Å². The molecule has 1 aromatic heterocycles. The van der Waals surface area contributed by atoms with Gasteiger partial charge in [0.2, 0.25) is 11.9 Å².